The fraction of sp³-hybridized carbons (Fsp3) is 0.333. The number of pyridine rings is 2. The number of hydrogen-bond acceptors (Lipinski definition) is 4. The first-order chi connectivity index (χ1) is 12.0. The highest BCUT2D eigenvalue weighted by Crippen LogP contribution is 2.16. The topological polar surface area (TPSA) is 92.2 Å². The zero-order valence-electron chi connectivity index (χ0n) is 14.5. The van der Waals surface area contributed by atoms with Gasteiger partial charge in [0.2, 0.25) is 0 Å². The van der Waals surface area contributed by atoms with Crippen LogP contribution in [0.3, 0.4) is 0 Å². The van der Waals surface area contributed by atoms with E-state index in [-0.39, 0.29) is 28.6 Å². The van der Waals surface area contributed by atoms with Crippen molar-refractivity contribution in [2.45, 2.75) is 33.2 Å². The van der Waals surface area contributed by atoms with E-state index in [0.29, 0.717) is 23.2 Å². The average molecular weight is 339 g/mol. The third-order valence-corrected chi connectivity index (χ3v) is 4.38. The molecule has 0 unspecified atom stereocenters. The molecule has 0 aliphatic rings. The zero-order valence-corrected chi connectivity index (χ0v) is 14.5. The van der Waals surface area contributed by atoms with Crippen LogP contribution in [0.15, 0.2) is 35.3 Å². The van der Waals surface area contributed by atoms with E-state index in [1.165, 1.54) is 10.5 Å². The number of carbonyl (C=O) groups is 1. The van der Waals surface area contributed by atoms with Crippen LogP contribution in [0.25, 0.3) is 16.7 Å². The molecule has 0 aliphatic carbocycles. The first-order valence-electron chi connectivity index (χ1n) is 8.39. The summed E-state index contributed by atoms with van der Waals surface area (Å²) in [5, 5.41) is 11.5. The van der Waals surface area contributed by atoms with Crippen molar-refractivity contribution in [2.24, 2.45) is 0 Å². The van der Waals surface area contributed by atoms with Crippen molar-refractivity contribution in [3.8, 4) is 0 Å². The lowest BCUT2D eigenvalue weighted by molar-refractivity contribution is 0.0953. The fourth-order valence-electron chi connectivity index (χ4n) is 2.89. The van der Waals surface area contributed by atoms with Crippen molar-refractivity contribution in [1.29, 1.82) is 5.41 Å². The Balaban J connectivity index is 2.50. The molecule has 0 saturated heterocycles. The van der Waals surface area contributed by atoms with Gasteiger partial charge in [-0.15, -0.1) is 0 Å². The molecule has 3 rings (SSSR count). The van der Waals surface area contributed by atoms with Gasteiger partial charge < -0.3 is 9.88 Å². The first-order valence-corrected chi connectivity index (χ1v) is 8.39. The molecule has 3 aromatic rings. The van der Waals surface area contributed by atoms with E-state index in [0.717, 1.165) is 6.42 Å². The third kappa shape index (κ3) is 2.71. The molecule has 1 atom stereocenters. The van der Waals surface area contributed by atoms with E-state index in [4.69, 9.17) is 5.41 Å². The van der Waals surface area contributed by atoms with Gasteiger partial charge in [-0.25, -0.2) is 4.98 Å². The van der Waals surface area contributed by atoms with Gasteiger partial charge in [0.15, 0.2) is 0 Å². The Morgan fingerprint density at radius 1 is 1.36 bits per heavy atom. The smallest absolute Gasteiger partial charge is 0.267 e. The van der Waals surface area contributed by atoms with Crippen LogP contribution in [-0.4, -0.2) is 26.4 Å². The van der Waals surface area contributed by atoms with Crippen molar-refractivity contribution in [2.75, 3.05) is 6.54 Å². The van der Waals surface area contributed by atoms with Crippen LogP contribution >= 0.6 is 0 Å². The Morgan fingerprint density at radius 2 is 2.12 bits per heavy atom. The van der Waals surface area contributed by atoms with Gasteiger partial charge in [-0.2, -0.15) is 0 Å². The second-order valence-electron chi connectivity index (χ2n) is 5.98. The molecule has 1 amide bonds. The molecule has 3 aromatic heterocycles. The van der Waals surface area contributed by atoms with Gasteiger partial charge in [0.25, 0.3) is 11.5 Å². The number of nitrogens with zero attached hydrogens (tertiary/aromatic N) is 3. The average Bonchev–Trinajstić information content (AvgIpc) is 2.61. The van der Waals surface area contributed by atoms with Crippen LogP contribution in [0.2, 0.25) is 0 Å². The summed E-state index contributed by atoms with van der Waals surface area (Å²) in [6, 6.07) is 6.74. The van der Waals surface area contributed by atoms with Crippen LogP contribution < -0.4 is 16.4 Å². The molecule has 7 heteroatoms. The summed E-state index contributed by atoms with van der Waals surface area (Å²) >= 11 is 0. The molecule has 0 bridgehead atoms. The molecule has 7 nitrogen and oxygen atoms in total. The van der Waals surface area contributed by atoms with Crippen LogP contribution in [-0.2, 0) is 0 Å². The molecule has 3 heterocycles. The summed E-state index contributed by atoms with van der Waals surface area (Å²) in [5.41, 5.74) is 0.957. The highest BCUT2D eigenvalue weighted by molar-refractivity contribution is 5.96. The lowest BCUT2D eigenvalue weighted by atomic mass is 10.1. The summed E-state index contributed by atoms with van der Waals surface area (Å²) in [6.45, 7) is 6.22. The predicted molar refractivity (Wildman–Crippen MR) is 95.8 cm³/mol. The summed E-state index contributed by atoms with van der Waals surface area (Å²) < 4.78 is 3.13. The van der Waals surface area contributed by atoms with Crippen molar-refractivity contribution >= 4 is 22.6 Å². The number of hydrogen-bond donors (Lipinski definition) is 2. The summed E-state index contributed by atoms with van der Waals surface area (Å²) in [4.78, 5) is 29.9. The molecule has 2 N–H and O–H groups in total. The Bertz CT molecular complexity index is 1080. The highest BCUT2D eigenvalue weighted by atomic mass is 16.1. The molecule has 0 saturated carbocycles. The van der Waals surface area contributed by atoms with Crippen molar-refractivity contribution in [3.63, 3.8) is 0 Å². The second kappa shape index (κ2) is 6.51. The maximum Gasteiger partial charge on any atom is 0.267 e. The van der Waals surface area contributed by atoms with E-state index < -0.39 is 0 Å². The number of aromatic nitrogens is 3. The standard InChI is InChI=1S/C18H21N5O2/c1-4-11(3)23-15(19)12(17(24)20-5-2)10-13-16(23)21-14-8-6-7-9-22(14)18(13)25/h6-11,19H,4-5H2,1-3H3,(H,20,24)/t11-/m0/s1. The van der Waals surface area contributed by atoms with E-state index >= 15 is 0 Å². The molecule has 0 aromatic carbocycles. The lowest BCUT2D eigenvalue weighted by Crippen LogP contribution is -2.35. The first kappa shape index (κ1) is 16.9. The van der Waals surface area contributed by atoms with Gasteiger partial charge in [0.1, 0.15) is 16.8 Å². The third-order valence-electron chi connectivity index (χ3n) is 4.38. The quantitative estimate of drug-likeness (QED) is 0.711. The van der Waals surface area contributed by atoms with E-state index in [1.807, 2.05) is 26.8 Å². The number of fused-ring (bicyclic) bond motifs is 2. The van der Waals surface area contributed by atoms with Crippen LogP contribution in [0, 0.1) is 5.41 Å². The van der Waals surface area contributed by atoms with Gasteiger partial charge in [-0.05, 0) is 38.5 Å². The van der Waals surface area contributed by atoms with Gasteiger partial charge in [0, 0.05) is 18.8 Å². The highest BCUT2D eigenvalue weighted by Gasteiger charge is 2.19. The van der Waals surface area contributed by atoms with Crippen LogP contribution in [0.1, 0.15) is 43.6 Å². The molecular weight excluding hydrogens is 318 g/mol. The Hall–Kier alpha value is -2.96. The SMILES string of the molecule is CCNC(=O)c1cc2c(=O)n3ccccc3nc2n([C@@H](C)CC)c1=N. The van der Waals surface area contributed by atoms with E-state index in [2.05, 4.69) is 10.3 Å². The summed E-state index contributed by atoms with van der Waals surface area (Å²) in [7, 11) is 0. The molecular formula is C18H21N5O2. The normalized spacial score (nSPS) is 12.4. The minimum atomic E-state index is -0.357. The Kier molecular flexibility index (Phi) is 4.39. The Labute approximate surface area is 144 Å². The summed E-state index contributed by atoms with van der Waals surface area (Å²) in [6.07, 6.45) is 2.40. The number of nitrogens with one attached hydrogen (secondary N) is 2. The van der Waals surface area contributed by atoms with Crippen molar-refractivity contribution in [3.05, 3.63) is 51.9 Å². The Morgan fingerprint density at radius 3 is 2.80 bits per heavy atom. The second-order valence-corrected chi connectivity index (χ2v) is 5.98. The number of carbonyl (C=O) groups excluding carboxylic acids is 1. The van der Waals surface area contributed by atoms with Crippen molar-refractivity contribution < 1.29 is 4.79 Å². The monoisotopic (exact) mass is 339 g/mol. The van der Waals surface area contributed by atoms with Gasteiger partial charge in [0.05, 0.1) is 10.9 Å². The van der Waals surface area contributed by atoms with Gasteiger partial charge in [-0.1, -0.05) is 13.0 Å². The van der Waals surface area contributed by atoms with Gasteiger partial charge >= 0.3 is 0 Å². The van der Waals surface area contributed by atoms with E-state index in [1.54, 1.807) is 22.9 Å². The summed E-state index contributed by atoms with van der Waals surface area (Å²) in [5.74, 6) is -0.357. The minimum absolute atomic E-state index is 0.0672. The fourth-order valence-corrected chi connectivity index (χ4v) is 2.89. The predicted octanol–water partition coefficient (Wildman–Crippen LogP) is 1.85. The number of rotatable bonds is 4. The zero-order chi connectivity index (χ0) is 18.1. The van der Waals surface area contributed by atoms with Crippen molar-refractivity contribution in [1.82, 2.24) is 19.3 Å². The maximum atomic E-state index is 12.9. The largest absolute Gasteiger partial charge is 0.352 e. The van der Waals surface area contributed by atoms with Crippen LogP contribution in [0.4, 0.5) is 0 Å². The van der Waals surface area contributed by atoms with E-state index in [9.17, 15) is 9.59 Å². The number of amides is 1. The van der Waals surface area contributed by atoms with Gasteiger partial charge in [-0.3, -0.25) is 19.4 Å². The maximum absolute atomic E-state index is 12.9. The molecule has 0 radical (unpaired) electrons. The molecule has 0 fully saturated rings. The lowest BCUT2D eigenvalue weighted by Gasteiger charge is -2.19. The molecule has 130 valence electrons. The van der Waals surface area contributed by atoms with Crippen LogP contribution in [0.5, 0.6) is 0 Å². The molecule has 0 aliphatic heterocycles. The molecule has 25 heavy (non-hydrogen) atoms. The minimum Gasteiger partial charge on any atom is -0.352 e. The molecule has 0 spiro atoms.